The van der Waals surface area contributed by atoms with Crippen LogP contribution in [0.25, 0.3) is 21.7 Å². The molecule has 0 aliphatic heterocycles. The summed E-state index contributed by atoms with van der Waals surface area (Å²) in [4.78, 5) is 10.5. The van der Waals surface area contributed by atoms with Crippen LogP contribution < -0.4 is 0 Å². The standard InChI is InChI=1S/C20H22N2S/c1-13-7-6-8-15(11-13)17-18(16-9-10-21-14(2)12-16)23-19(22-17)20(3,4)5/h6-12H,1-5H3. The lowest BCUT2D eigenvalue weighted by atomic mass is 9.98. The van der Waals surface area contributed by atoms with E-state index >= 15 is 0 Å². The maximum Gasteiger partial charge on any atom is 0.0992 e. The summed E-state index contributed by atoms with van der Waals surface area (Å²) < 4.78 is 0. The molecule has 23 heavy (non-hydrogen) atoms. The van der Waals surface area contributed by atoms with Gasteiger partial charge in [-0.05, 0) is 37.6 Å². The molecule has 0 fully saturated rings. The summed E-state index contributed by atoms with van der Waals surface area (Å²) in [6.45, 7) is 10.8. The number of rotatable bonds is 2. The minimum Gasteiger partial charge on any atom is -0.262 e. The van der Waals surface area contributed by atoms with Gasteiger partial charge in [-0.2, -0.15) is 0 Å². The predicted octanol–water partition coefficient (Wildman–Crippen LogP) is 5.79. The molecule has 2 nitrogen and oxygen atoms in total. The molecule has 0 saturated carbocycles. The summed E-state index contributed by atoms with van der Waals surface area (Å²) >= 11 is 1.79. The number of aryl methyl sites for hydroxylation is 2. The van der Waals surface area contributed by atoms with Gasteiger partial charge in [-0.15, -0.1) is 11.3 Å². The zero-order chi connectivity index (χ0) is 16.6. The van der Waals surface area contributed by atoms with Crippen molar-refractivity contribution in [2.75, 3.05) is 0 Å². The highest BCUT2D eigenvalue weighted by Crippen LogP contribution is 2.40. The molecule has 2 heterocycles. The smallest absolute Gasteiger partial charge is 0.0992 e. The Balaban J connectivity index is 2.23. The highest BCUT2D eigenvalue weighted by Gasteiger charge is 2.23. The Labute approximate surface area is 142 Å². The van der Waals surface area contributed by atoms with Crippen LogP contribution in [0, 0.1) is 13.8 Å². The molecule has 0 spiro atoms. The molecule has 0 radical (unpaired) electrons. The first-order chi connectivity index (χ1) is 10.8. The first-order valence-corrected chi connectivity index (χ1v) is 8.67. The molecule has 3 aromatic rings. The number of benzene rings is 1. The number of aromatic nitrogens is 2. The minimum atomic E-state index is 0.0452. The van der Waals surface area contributed by atoms with Crippen LogP contribution >= 0.6 is 11.3 Å². The summed E-state index contributed by atoms with van der Waals surface area (Å²) in [5, 5.41) is 1.17. The Kier molecular flexibility index (Phi) is 4.07. The Hall–Kier alpha value is -2.00. The molecule has 1 aromatic carbocycles. The van der Waals surface area contributed by atoms with Crippen LogP contribution in [0.5, 0.6) is 0 Å². The van der Waals surface area contributed by atoms with Crippen molar-refractivity contribution in [3.8, 4) is 21.7 Å². The van der Waals surface area contributed by atoms with Gasteiger partial charge in [0.1, 0.15) is 0 Å². The van der Waals surface area contributed by atoms with Crippen LogP contribution in [0.1, 0.15) is 37.0 Å². The van der Waals surface area contributed by atoms with Crippen molar-refractivity contribution < 1.29 is 0 Å². The minimum absolute atomic E-state index is 0.0452. The topological polar surface area (TPSA) is 25.8 Å². The zero-order valence-corrected chi connectivity index (χ0v) is 15.2. The summed E-state index contributed by atoms with van der Waals surface area (Å²) in [6.07, 6.45) is 1.88. The van der Waals surface area contributed by atoms with Crippen molar-refractivity contribution >= 4 is 11.3 Å². The van der Waals surface area contributed by atoms with Gasteiger partial charge in [0.05, 0.1) is 15.6 Å². The first kappa shape index (κ1) is 15.9. The van der Waals surface area contributed by atoms with Gasteiger partial charge in [0, 0.05) is 22.9 Å². The highest BCUT2D eigenvalue weighted by molar-refractivity contribution is 7.15. The van der Waals surface area contributed by atoms with Crippen LogP contribution in [0.2, 0.25) is 0 Å². The molecule has 3 heteroatoms. The largest absolute Gasteiger partial charge is 0.262 e. The van der Waals surface area contributed by atoms with Crippen molar-refractivity contribution in [1.82, 2.24) is 9.97 Å². The predicted molar refractivity (Wildman–Crippen MR) is 99.0 cm³/mol. The second-order valence-electron chi connectivity index (χ2n) is 7.00. The number of hydrogen-bond donors (Lipinski definition) is 0. The summed E-state index contributed by atoms with van der Waals surface area (Å²) in [5.41, 5.74) is 5.79. The number of nitrogens with zero attached hydrogens (tertiary/aromatic N) is 2. The van der Waals surface area contributed by atoms with E-state index in [4.69, 9.17) is 4.98 Å². The van der Waals surface area contributed by atoms with Gasteiger partial charge in [-0.3, -0.25) is 4.98 Å². The van der Waals surface area contributed by atoms with E-state index in [-0.39, 0.29) is 5.41 Å². The quantitative estimate of drug-likeness (QED) is 0.597. The lowest BCUT2D eigenvalue weighted by Crippen LogP contribution is -2.10. The van der Waals surface area contributed by atoms with Gasteiger partial charge in [-0.1, -0.05) is 44.5 Å². The molecule has 118 valence electrons. The van der Waals surface area contributed by atoms with E-state index in [2.05, 4.69) is 69.1 Å². The third-order valence-corrected chi connectivity index (χ3v) is 5.25. The molecule has 0 atom stereocenters. The molecule has 0 amide bonds. The van der Waals surface area contributed by atoms with E-state index in [1.54, 1.807) is 11.3 Å². The van der Waals surface area contributed by atoms with E-state index in [9.17, 15) is 0 Å². The molecule has 0 aliphatic rings. The van der Waals surface area contributed by atoms with Gasteiger partial charge >= 0.3 is 0 Å². The zero-order valence-electron chi connectivity index (χ0n) is 14.3. The molecule has 0 N–H and O–H groups in total. The Morgan fingerprint density at radius 1 is 0.957 bits per heavy atom. The molecule has 0 aliphatic carbocycles. The number of thiazole rings is 1. The third-order valence-electron chi connectivity index (χ3n) is 3.72. The van der Waals surface area contributed by atoms with Crippen LogP contribution in [-0.4, -0.2) is 9.97 Å². The van der Waals surface area contributed by atoms with Gasteiger partial charge < -0.3 is 0 Å². The van der Waals surface area contributed by atoms with Crippen LogP contribution in [0.15, 0.2) is 42.6 Å². The van der Waals surface area contributed by atoms with Crippen LogP contribution in [0.4, 0.5) is 0 Å². The normalized spacial score (nSPS) is 11.7. The monoisotopic (exact) mass is 322 g/mol. The fourth-order valence-electron chi connectivity index (χ4n) is 2.51. The van der Waals surface area contributed by atoms with Crippen molar-refractivity contribution in [1.29, 1.82) is 0 Å². The lowest BCUT2D eigenvalue weighted by molar-refractivity contribution is 0.586. The Morgan fingerprint density at radius 3 is 2.39 bits per heavy atom. The van der Waals surface area contributed by atoms with E-state index in [1.807, 2.05) is 13.1 Å². The second-order valence-corrected chi connectivity index (χ2v) is 8.00. The third kappa shape index (κ3) is 3.35. The summed E-state index contributed by atoms with van der Waals surface area (Å²) in [7, 11) is 0. The summed E-state index contributed by atoms with van der Waals surface area (Å²) in [6, 6.07) is 12.8. The van der Waals surface area contributed by atoms with Gasteiger partial charge in [0.25, 0.3) is 0 Å². The van der Waals surface area contributed by atoms with Crippen molar-refractivity contribution in [2.45, 2.75) is 40.0 Å². The molecule has 0 saturated heterocycles. The Morgan fingerprint density at radius 2 is 1.74 bits per heavy atom. The molecule has 2 aromatic heterocycles. The maximum absolute atomic E-state index is 5.00. The van der Waals surface area contributed by atoms with E-state index < -0.39 is 0 Å². The van der Waals surface area contributed by atoms with Crippen molar-refractivity contribution in [3.63, 3.8) is 0 Å². The highest BCUT2D eigenvalue weighted by atomic mass is 32.1. The average Bonchev–Trinajstić information content (AvgIpc) is 2.92. The maximum atomic E-state index is 5.00. The molecule has 3 rings (SSSR count). The van der Waals surface area contributed by atoms with Gasteiger partial charge in [0.15, 0.2) is 0 Å². The number of hydrogen-bond acceptors (Lipinski definition) is 3. The van der Waals surface area contributed by atoms with E-state index in [1.165, 1.54) is 26.6 Å². The van der Waals surface area contributed by atoms with Gasteiger partial charge in [0.2, 0.25) is 0 Å². The van der Waals surface area contributed by atoms with Crippen molar-refractivity contribution in [2.24, 2.45) is 0 Å². The van der Waals surface area contributed by atoms with E-state index in [0.717, 1.165) is 11.4 Å². The Bertz CT molecular complexity index is 778. The first-order valence-electron chi connectivity index (χ1n) is 7.86. The SMILES string of the molecule is Cc1cccc(-c2nc(C(C)(C)C)sc2-c2ccnc(C)c2)c1. The molecular weight excluding hydrogens is 300 g/mol. The molecular formula is C20H22N2S. The number of pyridine rings is 1. The summed E-state index contributed by atoms with van der Waals surface area (Å²) in [5.74, 6) is 0. The van der Waals surface area contributed by atoms with Gasteiger partial charge in [-0.25, -0.2) is 4.98 Å². The van der Waals surface area contributed by atoms with Crippen LogP contribution in [0.3, 0.4) is 0 Å². The van der Waals surface area contributed by atoms with Crippen molar-refractivity contribution in [3.05, 3.63) is 58.9 Å². The average molecular weight is 322 g/mol. The van der Waals surface area contributed by atoms with Crippen LogP contribution in [-0.2, 0) is 5.41 Å². The molecule has 0 bridgehead atoms. The lowest BCUT2D eigenvalue weighted by Gasteiger charge is -2.13. The molecule has 0 unspecified atom stereocenters. The van der Waals surface area contributed by atoms with E-state index in [0.29, 0.717) is 0 Å². The fourth-order valence-corrected chi connectivity index (χ4v) is 3.65. The fraction of sp³-hybridized carbons (Fsp3) is 0.300. The second kappa shape index (κ2) is 5.89.